The highest BCUT2D eigenvalue weighted by atomic mass is 19.4. The van der Waals surface area contributed by atoms with Gasteiger partial charge in [-0.15, -0.1) is 0 Å². The summed E-state index contributed by atoms with van der Waals surface area (Å²) >= 11 is 0. The Hall–Kier alpha value is -2.09. The van der Waals surface area contributed by atoms with Gasteiger partial charge in [0.2, 0.25) is 0 Å². The molecule has 1 saturated heterocycles. The van der Waals surface area contributed by atoms with Gasteiger partial charge in [-0.3, -0.25) is 9.59 Å². The van der Waals surface area contributed by atoms with Gasteiger partial charge in [0.25, 0.3) is 0 Å². The highest BCUT2D eigenvalue weighted by Crippen LogP contribution is 2.38. The number of anilines is 1. The SMILES string of the molecule is CC(C(=O)O)C(=O)c1ccc(N2CCOCC2)c(C(F)(F)F)c1. The minimum atomic E-state index is -4.64. The quantitative estimate of drug-likeness (QED) is 0.678. The first-order valence-electron chi connectivity index (χ1n) is 7.02. The van der Waals surface area contributed by atoms with Crippen molar-refractivity contribution in [1.29, 1.82) is 0 Å². The monoisotopic (exact) mass is 331 g/mol. The molecule has 1 heterocycles. The Bertz CT molecular complexity index is 609. The maximum absolute atomic E-state index is 13.3. The summed E-state index contributed by atoms with van der Waals surface area (Å²) in [6.45, 7) is 2.44. The Morgan fingerprint density at radius 3 is 2.39 bits per heavy atom. The van der Waals surface area contributed by atoms with E-state index in [-0.39, 0.29) is 11.3 Å². The van der Waals surface area contributed by atoms with Crippen molar-refractivity contribution in [1.82, 2.24) is 0 Å². The third-order valence-electron chi connectivity index (χ3n) is 3.70. The first kappa shape index (κ1) is 17.3. The van der Waals surface area contributed by atoms with Crippen LogP contribution >= 0.6 is 0 Å². The van der Waals surface area contributed by atoms with Crippen molar-refractivity contribution in [3.8, 4) is 0 Å². The zero-order valence-electron chi connectivity index (χ0n) is 12.4. The molecule has 126 valence electrons. The number of hydrogen-bond donors (Lipinski definition) is 1. The van der Waals surface area contributed by atoms with E-state index < -0.39 is 29.4 Å². The summed E-state index contributed by atoms with van der Waals surface area (Å²) in [4.78, 5) is 24.4. The Morgan fingerprint density at radius 1 is 1.26 bits per heavy atom. The van der Waals surface area contributed by atoms with E-state index in [2.05, 4.69) is 0 Å². The number of nitrogens with zero attached hydrogens (tertiary/aromatic N) is 1. The predicted molar refractivity (Wildman–Crippen MR) is 75.6 cm³/mol. The molecule has 0 bridgehead atoms. The lowest BCUT2D eigenvalue weighted by Gasteiger charge is -2.31. The largest absolute Gasteiger partial charge is 0.481 e. The van der Waals surface area contributed by atoms with Crippen LogP contribution in [0.3, 0.4) is 0 Å². The third kappa shape index (κ3) is 3.82. The van der Waals surface area contributed by atoms with Gasteiger partial charge in [0.05, 0.1) is 18.8 Å². The maximum Gasteiger partial charge on any atom is 0.418 e. The van der Waals surface area contributed by atoms with Gasteiger partial charge < -0.3 is 14.7 Å². The standard InChI is InChI=1S/C15H16F3NO4/c1-9(14(21)22)13(20)10-2-3-12(11(8-10)15(16,17)18)19-4-6-23-7-5-19/h2-3,8-9H,4-7H2,1H3,(H,21,22). The summed E-state index contributed by atoms with van der Waals surface area (Å²) in [5.74, 6) is -3.62. The van der Waals surface area contributed by atoms with Crippen molar-refractivity contribution >= 4 is 17.4 Å². The Morgan fingerprint density at radius 2 is 1.87 bits per heavy atom. The molecule has 1 N–H and O–H groups in total. The zero-order valence-corrected chi connectivity index (χ0v) is 12.4. The summed E-state index contributed by atoms with van der Waals surface area (Å²) < 4.78 is 45.1. The van der Waals surface area contributed by atoms with Crippen molar-refractivity contribution in [2.75, 3.05) is 31.2 Å². The van der Waals surface area contributed by atoms with Gasteiger partial charge in [-0.25, -0.2) is 0 Å². The number of Topliss-reactive ketones (excluding diaryl/α,β-unsaturated/α-hetero) is 1. The molecular weight excluding hydrogens is 315 g/mol. The number of carbonyl (C=O) groups excluding carboxylic acids is 1. The minimum Gasteiger partial charge on any atom is -0.481 e. The molecule has 0 spiro atoms. The highest BCUT2D eigenvalue weighted by Gasteiger charge is 2.36. The smallest absolute Gasteiger partial charge is 0.418 e. The summed E-state index contributed by atoms with van der Waals surface area (Å²) in [7, 11) is 0. The fourth-order valence-electron chi connectivity index (χ4n) is 2.36. The molecule has 1 fully saturated rings. The number of halogens is 3. The fraction of sp³-hybridized carbons (Fsp3) is 0.467. The molecule has 0 radical (unpaired) electrons. The number of hydrogen-bond acceptors (Lipinski definition) is 4. The first-order valence-corrected chi connectivity index (χ1v) is 7.02. The lowest BCUT2D eigenvalue weighted by molar-refractivity contribution is -0.139. The van der Waals surface area contributed by atoms with Crippen LogP contribution in [-0.4, -0.2) is 43.2 Å². The number of aliphatic carboxylic acids is 1. The first-order chi connectivity index (χ1) is 10.7. The summed E-state index contributed by atoms with van der Waals surface area (Å²) in [6, 6.07) is 3.18. The second-order valence-corrected chi connectivity index (χ2v) is 5.25. The Labute approximate surface area is 130 Å². The summed E-state index contributed by atoms with van der Waals surface area (Å²) in [6.07, 6.45) is -4.64. The van der Waals surface area contributed by atoms with Crippen LogP contribution in [0.4, 0.5) is 18.9 Å². The lowest BCUT2D eigenvalue weighted by Crippen LogP contribution is -2.37. The molecule has 1 aliphatic rings. The maximum atomic E-state index is 13.3. The topological polar surface area (TPSA) is 66.8 Å². The van der Waals surface area contributed by atoms with Crippen LogP contribution in [0.5, 0.6) is 0 Å². The highest BCUT2D eigenvalue weighted by molar-refractivity contribution is 6.08. The van der Waals surface area contributed by atoms with Crippen LogP contribution in [0.2, 0.25) is 0 Å². The Balaban J connectivity index is 2.42. The number of carboxylic acid groups (broad SMARTS) is 1. The van der Waals surface area contributed by atoms with Gasteiger partial charge in [0.1, 0.15) is 5.92 Å². The van der Waals surface area contributed by atoms with E-state index in [0.29, 0.717) is 26.3 Å². The molecule has 1 aromatic rings. The Kier molecular flexibility index (Phi) is 4.93. The second-order valence-electron chi connectivity index (χ2n) is 5.25. The number of carboxylic acids is 1. The number of alkyl halides is 3. The number of carbonyl (C=O) groups is 2. The van der Waals surface area contributed by atoms with Crippen molar-refractivity contribution in [3.05, 3.63) is 29.3 Å². The number of morpholine rings is 1. The van der Waals surface area contributed by atoms with Crippen LogP contribution in [0.15, 0.2) is 18.2 Å². The average Bonchev–Trinajstić information content (AvgIpc) is 2.52. The third-order valence-corrected chi connectivity index (χ3v) is 3.70. The zero-order chi connectivity index (χ0) is 17.2. The molecule has 8 heteroatoms. The lowest BCUT2D eigenvalue weighted by atomic mass is 9.96. The molecule has 1 aromatic carbocycles. The minimum absolute atomic E-state index is 0.0275. The van der Waals surface area contributed by atoms with E-state index in [0.717, 1.165) is 13.0 Å². The predicted octanol–water partition coefficient (Wildman–Crippen LogP) is 2.45. The molecule has 0 aliphatic carbocycles. The van der Waals surface area contributed by atoms with Crippen molar-refractivity contribution < 1.29 is 32.6 Å². The van der Waals surface area contributed by atoms with Crippen molar-refractivity contribution in [3.63, 3.8) is 0 Å². The molecule has 0 aromatic heterocycles. The molecular formula is C15H16F3NO4. The number of ether oxygens (including phenoxy) is 1. The van der Waals surface area contributed by atoms with Gasteiger partial charge in [-0.05, 0) is 25.1 Å². The number of rotatable bonds is 4. The summed E-state index contributed by atoms with van der Waals surface area (Å²) in [5.41, 5.74) is -1.23. The second kappa shape index (κ2) is 6.57. The van der Waals surface area contributed by atoms with Gasteiger partial charge >= 0.3 is 12.1 Å². The van der Waals surface area contributed by atoms with E-state index in [4.69, 9.17) is 9.84 Å². The van der Waals surface area contributed by atoms with Gasteiger partial charge in [0.15, 0.2) is 5.78 Å². The van der Waals surface area contributed by atoms with Crippen molar-refractivity contribution in [2.24, 2.45) is 5.92 Å². The van der Waals surface area contributed by atoms with Crippen molar-refractivity contribution in [2.45, 2.75) is 13.1 Å². The van der Waals surface area contributed by atoms with Crippen LogP contribution in [-0.2, 0) is 15.7 Å². The molecule has 0 saturated carbocycles. The molecule has 1 aliphatic heterocycles. The van der Waals surface area contributed by atoms with Gasteiger partial charge in [0, 0.05) is 24.3 Å². The molecule has 0 amide bonds. The van der Waals surface area contributed by atoms with E-state index in [1.54, 1.807) is 4.90 Å². The van der Waals surface area contributed by atoms with Crippen LogP contribution in [0.25, 0.3) is 0 Å². The van der Waals surface area contributed by atoms with Crippen LogP contribution in [0.1, 0.15) is 22.8 Å². The van der Waals surface area contributed by atoms with Crippen LogP contribution < -0.4 is 4.90 Å². The van der Waals surface area contributed by atoms with E-state index >= 15 is 0 Å². The summed E-state index contributed by atoms with van der Waals surface area (Å²) in [5, 5.41) is 8.84. The average molecular weight is 331 g/mol. The fourth-order valence-corrected chi connectivity index (χ4v) is 2.36. The number of benzene rings is 1. The van der Waals surface area contributed by atoms with E-state index in [1.807, 2.05) is 0 Å². The molecule has 1 atom stereocenters. The van der Waals surface area contributed by atoms with E-state index in [9.17, 15) is 22.8 Å². The molecule has 1 unspecified atom stereocenters. The molecule has 23 heavy (non-hydrogen) atoms. The van der Waals surface area contributed by atoms with E-state index in [1.165, 1.54) is 12.1 Å². The van der Waals surface area contributed by atoms with Gasteiger partial charge in [-0.1, -0.05) is 0 Å². The molecule has 5 nitrogen and oxygen atoms in total. The van der Waals surface area contributed by atoms with Gasteiger partial charge in [-0.2, -0.15) is 13.2 Å². The normalized spacial score (nSPS) is 17.0. The molecule has 2 rings (SSSR count). The number of ketones is 1. The van der Waals surface area contributed by atoms with Crippen LogP contribution in [0, 0.1) is 5.92 Å².